The van der Waals surface area contributed by atoms with Crippen LogP contribution in [0.2, 0.25) is 0 Å². The van der Waals surface area contributed by atoms with E-state index in [2.05, 4.69) is 30.6 Å². The molecule has 2 N–H and O–H groups in total. The van der Waals surface area contributed by atoms with Gasteiger partial charge in [0, 0.05) is 30.7 Å². The molecule has 3 heterocycles. The number of rotatable bonds is 7. The van der Waals surface area contributed by atoms with Gasteiger partial charge in [-0.15, -0.1) is 24.0 Å². The van der Waals surface area contributed by atoms with Crippen LogP contribution < -0.4 is 10.6 Å². The minimum atomic E-state index is 0. The van der Waals surface area contributed by atoms with E-state index in [0.29, 0.717) is 24.9 Å². The van der Waals surface area contributed by atoms with Crippen molar-refractivity contribution in [1.29, 1.82) is 0 Å². The monoisotopic (exact) mass is 543 g/mol. The number of imidazole rings is 1. The summed E-state index contributed by atoms with van der Waals surface area (Å²) in [6.45, 7) is 5.77. The first-order chi connectivity index (χ1) is 15.2. The van der Waals surface area contributed by atoms with Gasteiger partial charge >= 0.3 is 0 Å². The molecule has 8 nitrogen and oxygen atoms in total. The van der Waals surface area contributed by atoms with E-state index >= 15 is 0 Å². The smallest absolute Gasteiger partial charge is 0.226 e. The second-order valence-electron chi connectivity index (χ2n) is 6.93. The quantitative estimate of drug-likeness (QED) is 0.207. The summed E-state index contributed by atoms with van der Waals surface area (Å²) < 4.78 is 7.54. The fourth-order valence-electron chi connectivity index (χ4n) is 3.06. The number of guanidine groups is 1. The Balaban J connectivity index is 0.00000289. The van der Waals surface area contributed by atoms with Gasteiger partial charge in [-0.1, -0.05) is 24.3 Å². The third kappa shape index (κ3) is 5.94. The van der Waals surface area contributed by atoms with Gasteiger partial charge in [0.15, 0.2) is 5.96 Å². The Morgan fingerprint density at radius 3 is 2.62 bits per heavy atom. The standard InChI is InChI=1S/C23H25N7O.HI/c1-3-24-23(28-15-20-16-31-22(29-20)19-7-5-4-6-8-19)27-14-18-9-10-21(26-13-18)30-12-11-25-17(30)2;/h4-13,16H,3,14-15H2,1-2H3,(H2,24,27,28);1H. The SMILES string of the molecule is CCNC(=NCc1ccc(-n2ccnc2C)nc1)NCc1coc(-c2ccccc2)n1.I. The number of nitrogens with one attached hydrogen (secondary N) is 2. The maximum Gasteiger partial charge on any atom is 0.226 e. The van der Waals surface area contributed by atoms with E-state index in [4.69, 9.17) is 4.42 Å². The molecule has 3 aromatic heterocycles. The van der Waals surface area contributed by atoms with Gasteiger partial charge in [-0.2, -0.15) is 0 Å². The van der Waals surface area contributed by atoms with E-state index in [9.17, 15) is 0 Å². The van der Waals surface area contributed by atoms with Gasteiger partial charge in [0.05, 0.1) is 18.8 Å². The fourth-order valence-corrected chi connectivity index (χ4v) is 3.06. The molecule has 0 unspecified atom stereocenters. The molecule has 0 bridgehead atoms. The zero-order chi connectivity index (χ0) is 21.5. The molecule has 0 saturated carbocycles. The van der Waals surface area contributed by atoms with E-state index < -0.39 is 0 Å². The predicted molar refractivity (Wildman–Crippen MR) is 135 cm³/mol. The van der Waals surface area contributed by atoms with E-state index in [1.807, 2.05) is 73.3 Å². The molecule has 0 atom stereocenters. The average molecular weight is 543 g/mol. The van der Waals surface area contributed by atoms with Gasteiger partial charge in [0.1, 0.15) is 17.9 Å². The lowest BCUT2D eigenvalue weighted by Gasteiger charge is -2.10. The van der Waals surface area contributed by atoms with E-state index in [0.717, 1.165) is 35.0 Å². The summed E-state index contributed by atoms with van der Waals surface area (Å²) in [6.07, 6.45) is 7.17. The van der Waals surface area contributed by atoms with Crippen LogP contribution in [0.4, 0.5) is 0 Å². The van der Waals surface area contributed by atoms with Crippen LogP contribution >= 0.6 is 24.0 Å². The molecule has 0 amide bonds. The largest absolute Gasteiger partial charge is 0.444 e. The maximum atomic E-state index is 5.60. The van der Waals surface area contributed by atoms with Gasteiger partial charge in [-0.05, 0) is 37.6 Å². The van der Waals surface area contributed by atoms with Crippen LogP contribution in [0.1, 0.15) is 24.0 Å². The van der Waals surface area contributed by atoms with Crippen molar-refractivity contribution in [1.82, 2.24) is 30.2 Å². The summed E-state index contributed by atoms with van der Waals surface area (Å²) in [6, 6.07) is 13.8. The first-order valence-corrected chi connectivity index (χ1v) is 10.2. The van der Waals surface area contributed by atoms with Crippen molar-refractivity contribution in [2.24, 2.45) is 4.99 Å². The molecule has 0 saturated heterocycles. The molecule has 0 aliphatic carbocycles. The Morgan fingerprint density at radius 2 is 1.94 bits per heavy atom. The first-order valence-electron chi connectivity index (χ1n) is 10.2. The zero-order valence-corrected chi connectivity index (χ0v) is 20.4. The molecule has 0 aliphatic rings. The Hall–Kier alpha value is -3.21. The zero-order valence-electron chi connectivity index (χ0n) is 18.0. The maximum absolute atomic E-state index is 5.60. The fraction of sp³-hybridized carbons (Fsp3) is 0.217. The number of pyridine rings is 1. The summed E-state index contributed by atoms with van der Waals surface area (Å²) in [7, 11) is 0. The van der Waals surface area contributed by atoms with Crippen molar-refractivity contribution < 1.29 is 4.42 Å². The van der Waals surface area contributed by atoms with Gasteiger partial charge in [0.25, 0.3) is 0 Å². The van der Waals surface area contributed by atoms with Crippen LogP contribution in [0.15, 0.2) is 76.7 Å². The Bertz CT molecular complexity index is 1140. The normalized spacial score (nSPS) is 11.1. The minimum absolute atomic E-state index is 0. The number of benzene rings is 1. The predicted octanol–water partition coefficient (Wildman–Crippen LogP) is 4.10. The number of nitrogens with zero attached hydrogens (tertiary/aromatic N) is 5. The highest BCUT2D eigenvalue weighted by atomic mass is 127. The van der Waals surface area contributed by atoms with Crippen LogP contribution in [0.5, 0.6) is 0 Å². The molecular formula is C23H26IN7O. The third-order valence-corrected chi connectivity index (χ3v) is 4.66. The van der Waals surface area contributed by atoms with E-state index in [-0.39, 0.29) is 24.0 Å². The highest BCUT2D eigenvalue weighted by Gasteiger charge is 2.07. The summed E-state index contributed by atoms with van der Waals surface area (Å²) >= 11 is 0. The van der Waals surface area contributed by atoms with Crippen molar-refractivity contribution >= 4 is 29.9 Å². The molecule has 0 radical (unpaired) electrons. The molecule has 0 spiro atoms. The molecular weight excluding hydrogens is 517 g/mol. The highest BCUT2D eigenvalue weighted by molar-refractivity contribution is 14.0. The number of oxazole rings is 1. The highest BCUT2D eigenvalue weighted by Crippen LogP contribution is 2.17. The summed E-state index contributed by atoms with van der Waals surface area (Å²) in [5, 5.41) is 6.55. The lowest BCUT2D eigenvalue weighted by atomic mass is 10.2. The van der Waals surface area contributed by atoms with Gasteiger partial charge in [-0.3, -0.25) is 4.57 Å². The number of aliphatic imine (C=N–C) groups is 1. The second kappa shape index (κ2) is 11.4. The Kier molecular flexibility index (Phi) is 8.37. The Morgan fingerprint density at radius 1 is 1.09 bits per heavy atom. The van der Waals surface area contributed by atoms with Crippen LogP contribution in [0, 0.1) is 6.92 Å². The topological polar surface area (TPSA) is 93.2 Å². The third-order valence-electron chi connectivity index (χ3n) is 4.66. The molecule has 9 heteroatoms. The number of hydrogen-bond donors (Lipinski definition) is 2. The van der Waals surface area contributed by atoms with E-state index in [1.165, 1.54) is 0 Å². The minimum Gasteiger partial charge on any atom is -0.444 e. The average Bonchev–Trinajstić information content (AvgIpc) is 3.46. The number of aryl methyl sites for hydroxylation is 1. The number of hydrogen-bond acceptors (Lipinski definition) is 5. The van der Waals surface area contributed by atoms with Crippen LogP contribution in [0.25, 0.3) is 17.3 Å². The summed E-state index contributed by atoms with van der Waals surface area (Å²) in [4.78, 5) is 17.9. The lowest BCUT2D eigenvalue weighted by molar-refractivity contribution is 0.572. The van der Waals surface area contributed by atoms with Crippen LogP contribution in [-0.2, 0) is 13.1 Å². The Labute approximate surface area is 204 Å². The van der Waals surface area contributed by atoms with Crippen molar-refractivity contribution in [2.45, 2.75) is 26.9 Å². The van der Waals surface area contributed by atoms with Gasteiger partial charge in [-0.25, -0.2) is 19.9 Å². The summed E-state index contributed by atoms with van der Waals surface area (Å²) in [5.41, 5.74) is 2.79. The molecule has 32 heavy (non-hydrogen) atoms. The first kappa shape index (κ1) is 23.5. The summed E-state index contributed by atoms with van der Waals surface area (Å²) in [5.74, 6) is 3.06. The van der Waals surface area contributed by atoms with Crippen LogP contribution in [-0.4, -0.2) is 32.0 Å². The van der Waals surface area contributed by atoms with Gasteiger partial charge in [0.2, 0.25) is 5.89 Å². The second-order valence-corrected chi connectivity index (χ2v) is 6.93. The molecule has 4 aromatic rings. The van der Waals surface area contributed by atoms with Crippen molar-refractivity contribution in [3.05, 3.63) is 84.4 Å². The van der Waals surface area contributed by atoms with Crippen molar-refractivity contribution in [2.75, 3.05) is 6.54 Å². The molecule has 1 aromatic carbocycles. The molecule has 166 valence electrons. The molecule has 0 fully saturated rings. The van der Waals surface area contributed by atoms with Crippen molar-refractivity contribution in [3.63, 3.8) is 0 Å². The van der Waals surface area contributed by atoms with Crippen LogP contribution in [0.3, 0.4) is 0 Å². The molecule has 0 aliphatic heterocycles. The lowest BCUT2D eigenvalue weighted by Crippen LogP contribution is -2.36. The van der Waals surface area contributed by atoms with E-state index in [1.54, 1.807) is 12.5 Å². The number of aromatic nitrogens is 4. The van der Waals surface area contributed by atoms with Gasteiger partial charge < -0.3 is 15.1 Å². The molecule has 4 rings (SSSR count). The number of halogens is 1. The van der Waals surface area contributed by atoms with Crippen molar-refractivity contribution in [3.8, 4) is 17.3 Å².